The molecular formula is C18H21FN2O2. The molecule has 5 heteroatoms. The van der Waals surface area contributed by atoms with Crippen molar-refractivity contribution in [1.29, 1.82) is 0 Å². The molecule has 4 nitrogen and oxygen atoms in total. The zero-order valence-corrected chi connectivity index (χ0v) is 13.4. The number of halogens is 1. The van der Waals surface area contributed by atoms with Gasteiger partial charge in [-0.2, -0.15) is 0 Å². The summed E-state index contributed by atoms with van der Waals surface area (Å²) < 4.78 is 18.5. The second-order valence-corrected chi connectivity index (χ2v) is 5.05. The monoisotopic (exact) mass is 316 g/mol. The number of anilines is 1. The highest BCUT2D eigenvalue weighted by atomic mass is 19.1. The lowest BCUT2D eigenvalue weighted by Crippen LogP contribution is -2.34. The number of ether oxygens (including phenoxy) is 1. The summed E-state index contributed by atoms with van der Waals surface area (Å²) in [6.07, 6.45) is 0. The Morgan fingerprint density at radius 1 is 1.13 bits per heavy atom. The van der Waals surface area contributed by atoms with Gasteiger partial charge >= 0.3 is 6.03 Å². The van der Waals surface area contributed by atoms with Gasteiger partial charge in [0.1, 0.15) is 18.2 Å². The summed E-state index contributed by atoms with van der Waals surface area (Å²) in [5, 5.41) is 2.85. The van der Waals surface area contributed by atoms with Crippen molar-refractivity contribution in [3.05, 3.63) is 59.9 Å². The lowest BCUT2D eigenvalue weighted by molar-refractivity contribution is 0.217. The molecule has 0 aliphatic rings. The number of amides is 2. The zero-order chi connectivity index (χ0) is 16.7. The lowest BCUT2D eigenvalue weighted by Gasteiger charge is -2.19. The molecule has 122 valence electrons. The van der Waals surface area contributed by atoms with E-state index in [1.807, 2.05) is 32.0 Å². The Labute approximate surface area is 135 Å². The molecule has 0 fully saturated rings. The number of rotatable bonds is 6. The Kier molecular flexibility index (Phi) is 5.97. The van der Waals surface area contributed by atoms with Crippen LogP contribution in [0.3, 0.4) is 0 Å². The molecular weight excluding hydrogens is 295 g/mol. The van der Waals surface area contributed by atoms with Crippen LogP contribution in [0, 0.1) is 5.82 Å². The predicted octanol–water partition coefficient (Wildman–Crippen LogP) is 4.28. The first kappa shape index (κ1) is 16.8. The average molecular weight is 316 g/mol. The largest absolute Gasteiger partial charge is 0.489 e. The third-order valence-corrected chi connectivity index (χ3v) is 3.45. The van der Waals surface area contributed by atoms with Crippen LogP contribution in [-0.4, -0.2) is 24.0 Å². The Morgan fingerprint density at radius 2 is 1.83 bits per heavy atom. The van der Waals surface area contributed by atoms with E-state index in [1.165, 1.54) is 12.1 Å². The van der Waals surface area contributed by atoms with Gasteiger partial charge in [-0.05, 0) is 43.7 Å². The van der Waals surface area contributed by atoms with E-state index in [1.54, 1.807) is 23.1 Å². The lowest BCUT2D eigenvalue weighted by atomic mass is 10.2. The van der Waals surface area contributed by atoms with Gasteiger partial charge in [0.05, 0.1) is 0 Å². The molecule has 0 atom stereocenters. The van der Waals surface area contributed by atoms with Gasteiger partial charge in [0.15, 0.2) is 0 Å². The summed E-state index contributed by atoms with van der Waals surface area (Å²) in [5.41, 5.74) is 1.56. The van der Waals surface area contributed by atoms with Gasteiger partial charge in [0.25, 0.3) is 0 Å². The summed E-state index contributed by atoms with van der Waals surface area (Å²) in [5.74, 6) is 0.376. The van der Waals surface area contributed by atoms with E-state index in [0.29, 0.717) is 31.1 Å². The number of carbonyl (C=O) groups excluding carboxylic acids is 1. The Balaban J connectivity index is 1.96. The van der Waals surface area contributed by atoms with E-state index in [2.05, 4.69) is 5.32 Å². The van der Waals surface area contributed by atoms with Crippen LogP contribution in [0.5, 0.6) is 5.75 Å². The van der Waals surface area contributed by atoms with Crippen molar-refractivity contribution < 1.29 is 13.9 Å². The molecule has 0 aliphatic heterocycles. The average Bonchev–Trinajstić information content (AvgIpc) is 2.56. The molecule has 1 N–H and O–H groups in total. The SMILES string of the molecule is CCN(CC)C(=O)Nc1cccc(OCc2ccc(F)cc2)c1. The molecule has 0 unspecified atom stereocenters. The van der Waals surface area contributed by atoms with Gasteiger partial charge in [-0.3, -0.25) is 0 Å². The maximum absolute atomic E-state index is 12.9. The maximum atomic E-state index is 12.9. The summed E-state index contributed by atoms with van der Waals surface area (Å²) in [6, 6.07) is 13.2. The molecule has 0 radical (unpaired) electrons. The van der Waals surface area contributed by atoms with Crippen LogP contribution in [0.1, 0.15) is 19.4 Å². The first-order valence-electron chi connectivity index (χ1n) is 7.65. The standard InChI is InChI=1S/C18H21FN2O2/c1-3-21(4-2)18(22)20-16-6-5-7-17(12-16)23-13-14-8-10-15(19)11-9-14/h5-12H,3-4,13H2,1-2H3,(H,20,22). The summed E-state index contributed by atoms with van der Waals surface area (Å²) in [7, 11) is 0. The van der Waals surface area contributed by atoms with Gasteiger partial charge in [-0.25, -0.2) is 9.18 Å². The first-order chi connectivity index (χ1) is 11.1. The number of hydrogen-bond donors (Lipinski definition) is 1. The number of nitrogens with one attached hydrogen (secondary N) is 1. The highest BCUT2D eigenvalue weighted by Gasteiger charge is 2.09. The summed E-state index contributed by atoms with van der Waals surface area (Å²) in [4.78, 5) is 13.7. The van der Waals surface area contributed by atoms with Gasteiger partial charge in [0.2, 0.25) is 0 Å². The Bertz CT molecular complexity index is 640. The molecule has 0 bridgehead atoms. The van der Waals surface area contributed by atoms with Crippen molar-refractivity contribution in [2.24, 2.45) is 0 Å². The summed E-state index contributed by atoms with van der Waals surface area (Å²) in [6.45, 7) is 5.52. The van der Waals surface area contributed by atoms with Gasteiger partial charge in [-0.1, -0.05) is 18.2 Å². The highest BCUT2D eigenvalue weighted by molar-refractivity contribution is 5.89. The smallest absolute Gasteiger partial charge is 0.321 e. The van der Waals surface area contributed by atoms with E-state index in [0.717, 1.165) is 5.56 Å². The number of nitrogens with zero attached hydrogens (tertiary/aromatic N) is 1. The van der Waals surface area contributed by atoms with Crippen molar-refractivity contribution in [3.8, 4) is 5.75 Å². The number of urea groups is 1. The van der Waals surface area contributed by atoms with Crippen molar-refractivity contribution in [2.75, 3.05) is 18.4 Å². The fourth-order valence-corrected chi connectivity index (χ4v) is 2.12. The fourth-order valence-electron chi connectivity index (χ4n) is 2.12. The van der Waals surface area contributed by atoms with Crippen LogP contribution in [0.15, 0.2) is 48.5 Å². The van der Waals surface area contributed by atoms with Crippen molar-refractivity contribution in [1.82, 2.24) is 4.90 Å². The predicted molar refractivity (Wildman–Crippen MR) is 89.1 cm³/mol. The van der Waals surface area contributed by atoms with E-state index in [4.69, 9.17) is 4.74 Å². The fraction of sp³-hybridized carbons (Fsp3) is 0.278. The topological polar surface area (TPSA) is 41.6 Å². The van der Waals surface area contributed by atoms with Crippen molar-refractivity contribution in [2.45, 2.75) is 20.5 Å². The summed E-state index contributed by atoms with van der Waals surface area (Å²) >= 11 is 0. The van der Waals surface area contributed by atoms with E-state index in [9.17, 15) is 9.18 Å². The van der Waals surface area contributed by atoms with Crippen LogP contribution >= 0.6 is 0 Å². The van der Waals surface area contributed by atoms with Crippen LogP contribution < -0.4 is 10.1 Å². The molecule has 0 heterocycles. The molecule has 2 aromatic carbocycles. The quantitative estimate of drug-likeness (QED) is 0.864. The minimum Gasteiger partial charge on any atom is -0.489 e. The molecule has 0 saturated carbocycles. The van der Waals surface area contributed by atoms with Gasteiger partial charge in [0, 0.05) is 24.8 Å². The van der Waals surface area contributed by atoms with Crippen molar-refractivity contribution >= 4 is 11.7 Å². The van der Waals surface area contributed by atoms with E-state index < -0.39 is 0 Å². The number of hydrogen-bond acceptors (Lipinski definition) is 2. The second kappa shape index (κ2) is 8.17. The third-order valence-electron chi connectivity index (χ3n) is 3.45. The van der Waals surface area contributed by atoms with E-state index >= 15 is 0 Å². The molecule has 0 aliphatic carbocycles. The third kappa shape index (κ3) is 4.98. The van der Waals surface area contributed by atoms with Crippen LogP contribution in [0.4, 0.5) is 14.9 Å². The van der Waals surface area contributed by atoms with Crippen LogP contribution in [0.2, 0.25) is 0 Å². The normalized spacial score (nSPS) is 10.2. The minimum absolute atomic E-state index is 0.134. The highest BCUT2D eigenvalue weighted by Crippen LogP contribution is 2.19. The first-order valence-corrected chi connectivity index (χ1v) is 7.65. The van der Waals surface area contributed by atoms with Gasteiger partial charge in [-0.15, -0.1) is 0 Å². The molecule has 2 aromatic rings. The second-order valence-electron chi connectivity index (χ2n) is 5.05. The van der Waals surface area contributed by atoms with E-state index in [-0.39, 0.29) is 11.8 Å². The Hall–Kier alpha value is -2.56. The van der Waals surface area contributed by atoms with Crippen LogP contribution in [-0.2, 0) is 6.61 Å². The number of carbonyl (C=O) groups is 1. The molecule has 0 aromatic heterocycles. The molecule has 0 spiro atoms. The molecule has 2 rings (SSSR count). The molecule has 23 heavy (non-hydrogen) atoms. The van der Waals surface area contributed by atoms with Gasteiger partial charge < -0.3 is 15.0 Å². The zero-order valence-electron chi connectivity index (χ0n) is 13.4. The van der Waals surface area contributed by atoms with Crippen LogP contribution in [0.25, 0.3) is 0 Å². The Morgan fingerprint density at radius 3 is 2.48 bits per heavy atom. The molecule has 2 amide bonds. The molecule has 0 saturated heterocycles. The maximum Gasteiger partial charge on any atom is 0.321 e. The minimum atomic E-state index is -0.269. The van der Waals surface area contributed by atoms with Crippen molar-refractivity contribution in [3.63, 3.8) is 0 Å². The number of benzene rings is 2.